The third kappa shape index (κ3) is 7.33. The van der Waals surface area contributed by atoms with E-state index in [4.69, 9.17) is 14.2 Å². The number of sulfonamides is 1. The molecule has 4 rings (SSSR count). The molecule has 1 aliphatic rings. The third-order valence-corrected chi connectivity index (χ3v) is 8.72. The number of anilines is 1. The molecule has 3 aromatic rings. The zero-order valence-electron chi connectivity index (χ0n) is 24.1. The van der Waals surface area contributed by atoms with E-state index >= 15 is 0 Å². The van der Waals surface area contributed by atoms with Gasteiger partial charge in [-0.1, -0.05) is 43.7 Å². The molecule has 3 aromatic carbocycles. The second kappa shape index (κ2) is 14.1. The molecule has 11 heteroatoms. The fourth-order valence-electron chi connectivity index (χ4n) is 4.48. The van der Waals surface area contributed by atoms with E-state index in [9.17, 15) is 18.0 Å². The summed E-state index contributed by atoms with van der Waals surface area (Å²) in [4.78, 5) is 28.6. The van der Waals surface area contributed by atoms with Gasteiger partial charge in [-0.3, -0.25) is 13.9 Å². The molecule has 2 amide bonds. The smallest absolute Gasteiger partial charge is 0.264 e. The van der Waals surface area contributed by atoms with Crippen LogP contribution in [0.3, 0.4) is 0 Å². The molecule has 0 aromatic heterocycles. The van der Waals surface area contributed by atoms with Crippen LogP contribution in [0.1, 0.15) is 32.3 Å². The van der Waals surface area contributed by atoms with Crippen LogP contribution in [0.5, 0.6) is 17.2 Å². The van der Waals surface area contributed by atoms with Gasteiger partial charge in [-0.15, -0.1) is 0 Å². The molecule has 1 aliphatic heterocycles. The van der Waals surface area contributed by atoms with Crippen LogP contribution < -0.4 is 23.8 Å². The lowest BCUT2D eigenvalue weighted by atomic mass is 10.1. The number of amides is 2. The second-order valence-corrected chi connectivity index (χ2v) is 11.7. The Labute approximate surface area is 247 Å². The molecule has 0 saturated carbocycles. The van der Waals surface area contributed by atoms with Crippen molar-refractivity contribution in [2.24, 2.45) is 0 Å². The summed E-state index contributed by atoms with van der Waals surface area (Å²) in [6, 6.07) is 19.0. The number of carbonyl (C=O) groups is 2. The van der Waals surface area contributed by atoms with Gasteiger partial charge in [-0.25, -0.2) is 8.42 Å². The van der Waals surface area contributed by atoms with Crippen LogP contribution in [0.25, 0.3) is 0 Å². The Balaban J connectivity index is 1.70. The van der Waals surface area contributed by atoms with Crippen molar-refractivity contribution in [2.45, 2.75) is 44.2 Å². The quantitative estimate of drug-likeness (QED) is 0.297. The van der Waals surface area contributed by atoms with Gasteiger partial charge in [0.25, 0.3) is 10.0 Å². The number of methoxy groups -OCH3 is 1. The Morgan fingerprint density at radius 3 is 2.33 bits per heavy atom. The number of ether oxygens (including phenoxy) is 3. The Morgan fingerprint density at radius 1 is 0.976 bits per heavy atom. The Kier molecular flexibility index (Phi) is 10.3. The number of nitrogens with one attached hydrogen (secondary N) is 1. The molecule has 0 spiro atoms. The lowest BCUT2D eigenvalue weighted by Gasteiger charge is -2.32. The predicted octanol–water partition coefficient (Wildman–Crippen LogP) is 4.00. The summed E-state index contributed by atoms with van der Waals surface area (Å²) in [5.74, 6) is 0.672. The van der Waals surface area contributed by atoms with E-state index in [0.29, 0.717) is 37.0 Å². The van der Waals surface area contributed by atoms with Crippen molar-refractivity contribution in [1.82, 2.24) is 10.2 Å². The van der Waals surface area contributed by atoms with Gasteiger partial charge >= 0.3 is 0 Å². The van der Waals surface area contributed by atoms with Gasteiger partial charge in [0.15, 0.2) is 11.5 Å². The van der Waals surface area contributed by atoms with Crippen LogP contribution in [0.15, 0.2) is 77.7 Å². The van der Waals surface area contributed by atoms with Crippen molar-refractivity contribution in [3.05, 3.63) is 78.4 Å². The third-order valence-electron chi connectivity index (χ3n) is 6.93. The minimum atomic E-state index is -4.18. The van der Waals surface area contributed by atoms with E-state index in [1.54, 1.807) is 74.7 Å². The first-order chi connectivity index (χ1) is 20.2. The minimum Gasteiger partial charge on any atom is -0.497 e. The first-order valence-corrected chi connectivity index (χ1v) is 15.4. The highest BCUT2D eigenvalue weighted by Gasteiger charge is 2.33. The minimum absolute atomic E-state index is 0.0275. The second-order valence-electron chi connectivity index (χ2n) is 9.84. The lowest BCUT2D eigenvalue weighted by molar-refractivity contribution is -0.139. The van der Waals surface area contributed by atoms with Gasteiger partial charge in [-0.2, -0.15) is 0 Å². The molecular formula is C31H37N3O7S. The molecule has 0 fully saturated rings. The van der Waals surface area contributed by atoms with Gasteiger partial charge in [0.05, 0.1) is 17.7 Å². The largest absolute Gasteiger partial charge is 0.497 e. The van der Waals surface area contributed by atoms with E-state index < -0.39 is 28.5 Å². The molecule has 10 nitrogen and oxygen atoms in total. The summed E-state index contributed by atoms with van der Waals surface area (Å²) in [6.07, 6.45) is 1.71. The summed E-state index contributed by atoms with van der Waals surface area (Å²) in [6.45, 7) is 4.40. The predicted molar refractivity (Wildman–Crippen MR) is 159 cm³/mol. The van der Waals surface area contributed by atoms with E-state index in [1.807, 2.05) is 6.92 Å². The van der Waals surface area contributed by atoms with Gasteiger partial charge in [0.1, 0.15) is 31.5 Å². The molecule has 0 bridgehead atoms. The van der Waals surface area contributed by atoms with Crippen molar-refractivity contribution in [2.75, 3.05) is 37.7 Å². The van der Waals surface area contributed by atoms with Crippen molar-refractivity contribution >= 4 is 27.5 Å². The normalized spacial score (nSPS) is 13.1. The maximum absolute atomic E-state index is 14.1. The zero-order chi connectivity index (χ0) is 30.1. The van der Waals surface area contributed by atoms with E-state index in [2.05, 4.69) is 5.32 Å². The summed E-state index contributed by atoms with van der Waals surface area (Å²) in [5, 5.41) is 2.88. The van der Waals surface area contributed by atoms with Gasteiger partial charge in [-0.05, 0) is 55.3 Å². The number of benzene rings is 3. The fourth-order valence-corrected chi connectivity index (χ4v) is 5.91. The van der Waals surface area contributed by atoms with Crippen molar-refractivity contribution in [3.8, 4) is 17.2 Å². The number of unbranched alkanes of at least 4 members (excludes halogenated alkanes) is 1. The first kappa shape index (κ1) is 30.7. The summed E-state index contributed by atoms with van der Waals surface area (Å²) < 4.78 is 45.5. The van der Waals surface area contributed by atoms with E-state index in [1.165, 1.54) is 17.0 Å². The maximum atomic E-state index is 14.1. The highest BCUT2D eigenvalue weighted by atomic mass is 32.2. The standard InChI is InChI=1S/C31H37N3O7S/c1-4-5-17-32-31(36)23(2)33(21-24-11-14-26(39-3)15-12-24)30(35)22-34(42(37,38)27-9-7-6-8-10-27)25-13-16-28-29(20-25)41-19-18-40-28/h6-16,20,23H,4-5,17-19,21-22H2,1-3H3,(H,32,36)/t23-/m0/s1. The van der Waals surface area contributed by atoms with Gasteiger partial charge in [0, 0.05) is 19.2 Å². The van der Waals surface area contributed by atoms with E-state index in [0.717, 1.165) is 22.7 Å². The average molecular weight is 596 g/mol. The molecule has 0 saturated heterocycles. The van der Waals surface area contributed by atoms with Crippen molar-refractivity contribution in [3.63, 3.8) is 0 Å². The molecule has 0 unspecified atom stereocenters. The van der Waals surface area contributed by atoms with Gasteiger partial charge in [0.2, 0.25) is 11.8 Å². The average Bonchev–Trinajstić information content (AvgIpc) is 3.02. The molecule has 1 heterocycles. The van der Waals surface area contributed by atoms with Crippen LogP contribution in [0, 0.1) is 0 Å². The Morgan fingerprint density at radius 2 is 1.67 bits per heavy atom. The molecule has 224 valence electrons. The molecule has 1 atom stereocenters. The van der Waals surface area contributed by atoms with Crippen LogP contribution in [-0.2, 0) is 26.2 Å². The maximum Gasteiger partial charge on any atom is 0.264 e. The molecule has 0 radical (unpaired) electrons. The lowest BCUT2D eigenvalue weighted by Crippen LogP contribution is -2.51. The monoisotopic (exact) mass is 595 g/mol. The number of hydrogen-bond donors (Lipinski definition) is 1. The Hall–Kier alpha value is -4.25. The zero-order valence-corrected chi connectivity index (χ0v) is 24.9. The first-order valence-electron chi connectivity index (χ1n) is 13.9. The number of hydrogen-bond acceptors (Lipinski definition) is 7. The molecule has 1 N–H and O–H groups in total. The Bertz CT molecular complexity index is 1460. The molecule has 42 heavy (non-hydrogen) atoms. The van der Waals surface area contributed by atoms with Crippen LogP contribution in [0.4, 0.5) is 5.69 Å². The fraction of sp³-hybridized carbons (Fsp3) is 0.355. The van der Waals surface area contributed by atoms with E-state index in [-0.39, 0.29) is 23.0 Å². The SMILES string of the molecule is CCCCNC(=O)[C@H](C)N(Cc1ccc(OC)cc1)C(=O)CN(c1ccc2c(c1)OCCO2)S(=O)(=O)c1ccccc1. The number of nitrogens with zero attached hydrogens (tertiary/aromatic N) is 2. The number of carbonyl (C=O) groups excluding carboxylic acids is 2. The van der Waals surface area contributed by atoms with Crippen molar-refractivity contribution < 1.29 is 32.2 Å². The summed E-state index contributed by atoms with van der Waals surface area (Å²) >= 11 is 0. The highest BCUT2D eigenvalue weighted by molar-refractivity contribution is 7.92. The molecular weight excluding hydrogens is 558 g/mol. The highest BCUT2D eigenvalue weighted by Crippen LogP contribution is 2.36. The molecule has 0 aliphatic carbocycles. The van der Waals surface area contributed by atoms with Crippen molar-refractivity contribution in [1.29, 1.82) is 0 Å². The summed E-state index contributed by atoms with van der Waals surface area (Å²) in [7, 11) is -2.62. The topological polar surface area (TPSA) is 114 Å². The van der Waals surface area contributed by atoms with Crippen LogP contribution in [0.2, 0.25) is 0 Å². The van der Waals surface area contributed by atoms with Crippen LogP contribution >= 0.6 is 0 Å². The summed E-state index contributed by atoms with van der Waals surface area (Å²) in [5.41, 5.74) is 0.995. The van der Waals surface area contributed by atoms with Gasteiger partial charge < -0.3 is 24.4 Å². The number of rotatable bonds is 13. The van der Waals surface area contributed by atoms with Crippen LogP contribution in [-0.4, -0.2) is 64.6 Å². The number of fused-ring (bicyclic) bond motifs is 1.